The monoisotopic (exact) mass is 279 g/mol. The third-order valence-corrected chi connectivity index (χ3v) is 4.01. The van der Waals surface area contributed by atoms with E-state index in [0.29, 0.717) is 0 Å². The van der Waals surface area contributed by atoms with Crippen molar-refractivity contribution in [1.82, 2.24) is 10.2 Å². The summed E-state index contributed by atoms with van der Waals surface area (Å²) in [6, 6.07) is 6.29. The van der Waals surface area contributed by atoms with Crippen LogP contribution in [0.4, 0.5) is 0 Å². The number of fused-ring (bicyclic) bond motifs is 1. The van der Waals surface area contributed by atoms with Gasteiger partial charge in [-0.3, -0.25) is 5.10 Å². The molecule has 1 aliphatic rings. The first-order valence-corrected chi connectivity index (χ1v) is 6.38. The molecule has 0 bridgehead atoms. The highest BCUT2D eigenvalue weighted by molar-refractivity contribution is 9.10. The lowest BCUT2D eigenvalue weighted by Crippen LogP contribution is -2.22. The van der Waals surface area contributed by atoms with Crippen molar-refractivity contribution in [3.8, 4) is 0 Å². The molecule has 3 N–H and O–H groups in total. The van der Waals surface area contributed by atoms with Crippen LogP contribution in [0.1, 0.15) is 24.8 Å². The predicted molar refractivity (Wildman–Crippen MR) is 68.3 cm³/mol. The summed E-state index contributed by atoms with van der Waals surface area (Å²) in [4.78, 5) is 0. The van der Waals surface area contributed by atoms with Gasteiger partial charge >= 0.3 is 0 Å². The smallest absolute Gasteiger partial charge is 0.108 e. The van der Waals surface area contributed by atoms with Crippen LogP contribution in [0, 0.1) is 0 Å². The Hall–Kier alpha value is -0.870. The van der Waals surface area contributed by atoms with Gasteiger partial charge in [0.15, 0.2) is 0 Å². The maximum absolute atomic E-state index is 6.11. The van der Waals surface area contributed by atoms with Crippen molar-refractivity contribution in [3.63, 3.8) is 0 Å². The first kappa shape index (κ1) is 10.3. The SMILES string of the molecule is NC1(CCc2cccc3c(Br)[nH]nc23)CC1. The van der Waals surface area contributed by atoms with Crippen LogP contribution in [0.25, 0.3) is 10.9 Å². The van der Waals surface area contributed by atoms with E-state index in [2.05, 4.69) is 44.3 Å². The third-order valence-electron chi connectivity index (χ3n) is 3.41. The molecular formula is C12H14BrN3. The van der Waals surface area contributed by atoms with Crippen molar-refractivity contribution >= 4 is 26.8 Å². The fourth-order valence-electron chi connectivity index (χ4n) is 2.06. The van der Waals surface area contributed by atoms with Crippen LogP contribution in [0.15, 0.2) is 22.8 Å². The fraction of sp³-hybridized carbons (Fsp3) is 0.417. The normalized spacial score (nSPS) is 17.9. The van der Waals surface area contributed by atoms with Gasteiger partial charge in [-0.25, -0.2) is 0 Å². The Kier molecular flexibility index (Phi) is 2.30. The molecule has 0 aliphatic heterocycles. The standard InChI is InChI=1S/C12H14BrN3/c13-11-9-3-1-2-8(10(9)15-16-11)4-5-12(14)6-7-12/h1-3H,4-7,14H2,(H,15,16). The number of aryl methyl sites for hydroxylation is 1. The van der Waals surface area contributed by atoms with Gasteiger partial charge in [-0.15, -0.1) is 0 Å². The molecule has 0 saturated heterocycles. The van der Waals surface area contributed by atoms with Gasteiger partial charge in [-0.05, 0) is 47.2 Å². The Morgan fingerprint density at radius 1 is 1.44 bits per heavy atom. The number of nitrogens with zero attached hydrogens (tertiary/aromatic N) is 1. The Bertz CT molecular complexity index is 528. The summed E-state index contributed by atoms with van der Waals surface area (Å²) in [6.45, 7) is 0. The minimum Gasteiger partial charge on any atom is -0.325 e. The third kappa shape index (κ3) is 1.76. The van der Waals surface area contributed by atoms with Gasteiger partial charge in [-0.2, -0.15) is 5.10 Å². The van der Waals surface area contributed by atoms with Crippen LogP contribution in [0.2, 0.25) is 0 Å². The minimum absolute atomic E-state index is 0.121. The largest absolute Gasteiger partial charge is 0.325 e. The molecule has 1 saturated carbocycles. The molecule has 1 aliphatic carbocycles. The number of nitrogens with one attached hydrogen (secondary N) is 1. The summed E-state index contributed by atoms with van der Waals surface area (Å²) in [5, 5.41) is 8.44. The molecule has 0 atom stereocenters. The summed E-state index contributed by atoms with van der Waals surface area (Å²) in [5.41, 5.74) is 8.58. The fourth-order valence-corrected chi connectivity index (χ4v) is 2.47. The van der Waals surface area contributed by atoms with Crippen LogP contribution in [0.3, 0.4) is 0 Å². The van der Waals surface area contributed by atoms with Crippen molar-refractivity contribution < 1.29 is 0 Å². The molecule has 0 spiro atoms. The van der Waals surface area contributed by atoms with Gasteiger partial charge in [0.25, 0.3) is 0 Å². The van der Waals surface area contributed by atoms with Crippen molar-refractivity contribution in [2.24, 2.45) is 5.73 Å². The number of hydrogen-bond acceptors (Lipinski definition) is 2. The van der Waals surface area contributed by atoms with E-state index in [4.69, 9.17) is 5.73 Å². The second-order valence-corrected chi connectivity index (χ2v) is 5.51. The van der Waals surface area contributed by atoms with E-state index in [9.17, 15) is 0 Å². The molecule has 3 nitrogen and oxygen atoms in total. The molecular weight excluding hydrogens is 266 g/mol. The van der Waals surface area contributed by atoms with E-state index < -0.39 is 0 Å². The van der Waals surface area contributed by atoms with Crippen LogP contribution in [0.5, 0.6) is 0 Å². The minimum atomic E-state index is 0.121. The first-order valence-electron chi connectivity index (χ1n) is 5.58. The lowest BCUT2D eigenvalue weighted by atomic mass is 10.0. The van der Waals surface area contributed by atoms with E-state index >= 15 is 0 Å². The van der Waals surface area contributed by atoms with Crippen LogP contribution in [-0.2, 0) is 6.42 Å². The summed E-state index contributed by atoms with van der Waals surface area (Å²) in [7, 11) is 0. The zero-order chi connectivity index (χ0) is 11.2. The molecule has 0 radical (unpaired) electrons. The zero-order valence-electron chi connectivity index (χ0n) is 8.96. The van der Waals surface area contributed by atoms with Gasteiger partial charge in [0.2, 0.25) is 0 Å². The lowest BCUT2D eigenvalue weighted by molar-refractivity contribution is 0.610. The highest BCUT2D eigenvalue weighted by Crippen LogP contribution is 2.37. The predicted octanol–water partition coefficient (Wildman–Crippen LogP) is 2.75. The number of hydrogen-bond donors (Lipinski definition) is 2. The topological polar surface area (TPSA) is 54.7 Å². The molecule has 16 heavy (non-hydrogen) atoms. The molecule has 1 fully saturated rings. The number of aromatic amines is 1. The number of para-hydroxylation sites is 1. The van der Waals surface area contributed by atoms with E-state index in [-0.39, 0.29) is 5.54 Å². The van der Waals surface area contributed by atoms with Crippen molar-refractivity contribution in [2.45, 2.75) is 31.2 Å². The summed E-state index contributed by atoms with van der Waals surface area (Å²) in [6.07, 6.45) is 4.43. The maximum Gasteiger partial charge on any atom is 0.108 e. The Morgan fingerprint density at radius 3 is 3.00 bits per heavy atom. The molecule has 0 unspecified atom stereocenters. The van der Waals surface area contributed by atoms with E-state index in [1.54, 1.807) is 0 Å². The average molecular weight is 280 g/mol. The van der Waals surface area contributed by atoms with Gasteiger partial charge in [0, 0.05) is 10.9 Å². The lowest BCUT2D eigenvalue weighted by Gasteiger charge is -2.08. The van der Waals surface area contributed by atoms with E-state index in [1.165, 1.54) is 18.4 Å². The van der Waals surface area contributed by atoms with Crippen molar-refractivity contribution in [1.29, 1.82) is 0 Å². The molecule has 1 heterocycles. The number of halogens is 1. The number of rotatable bonds is 3. The molecule has 2 aromatic rings. The van der Waals surface area contributed by atoms with Crippen LogP contribution in [-0.4, -0.2) is 15.7 Å². The number of aromatic nitrogens is 2. The van der Waals surface area contributed by atoms with E-state index in [0.717, 1.165) is 28.3 Å². The summed E-state index contributed by atoms with van der Waals surface area (Å²) < 4.78 is 0.957. The zero-order valence-corrected chi connectivity index (χ0v) is 10.5. The quantitative estimate of drug-likeness (QED) is 0.908. The maximum atomic E-state index is 6.11. The van der Waals surface area contributed by atoms with Crippen molar-refractivity contribution in [2.75, 3.05) is 0 Å². The highest BCUT2D eigenvalue weighted by atomic mass is 79.9. The second kappa shape index (κ2) is 3.57. The average Bonchev–Trinajstić information content (AvgIpc) is 2.90. The molecule has 84 valence electrons. The molecule has 3 rings (SSSR count). The van der Waals surface area contributed by atoms with Gasteiger partial charge in [-0.1, -0.05) is 18.2 Å². The molecule has 4 heteroatoms. The molecule has 1 aromatic carbocycles. The first-order chi connectivity index (χ1) is 7.68. The van der Waals surface area contributed by atoms with Gasteiger partial charge in [0.1, 0.15) is 4.60 Å². The van der Waals surface area contributed by atoms with Crippen molar-refractivity contribution in [3.05, 3.63) is 28.4 Å². The Morgan fingerprint density at radius 2 is 2.25 bits per heavy atom. The highest BCUT2D eigenvalue weighted by Gasteiger charge is 2.37. The van der Waals surface area contributed by atoms with E-state index in [1.807, 2.05) is 0 Å². The summed E-state index contributed by atoms with van der Waals surface area (Å²) in [5.74, 6) is 0. The molecule has 1 aromatic heterocycles. The van der Waals surface area contributed by atoms with Crippen LogP contribution < -0.4 is 5.73 Å². The Labute approximate surface area is 103 Å². The number of H-pyrrole nitrogens is 1. The van der Waals surface area contributed by atoms with Gasteiger partial charge in [0.05, 0.1) is 5.52 Å². The van der Waals surface area contributed by atoms with Gasteiger partial charge < -0.3 is 5.73 Å². The Balaban J connectivity index is 1.90. The molecule has 0 amide bonds. The number of benzene rings is 1. The summed E-state index contributed by atoms with van der Waals surface area (Å²) >= 11 is 3.46. The number of nitrogens with two attached hydrogens (primary N) is 1. The second-order valence-electron chi connectivity index (χ2n) is 4.71. The van der Waals surface area contributed by atoms with Crippen LogP contribution >= 0.6 is 15.9 Å².